The van der Waals surface area contributed by atoms with Crippen LogP contribution in [0.4, 0.5) is 0 Å². The van der Waals surface area contributed by atoms with E-state index in [-0.39, 0.29) is 64.9 Å². The monoisotopic (exact) mass is 618 g/mol. The molecule has 1 aromatic rings. The van der Waals surface area contributed by atoms with Gasteiger partial charge in [-0.25, -0.2) is 8.42 Å². The molecule has 3 aliphatic heterocycles. The number of ether oxygens (including phenoxy) is 1. The van der Waals surface area contributed by atoms with Crippen molar-refractivity contribution in [3.8, 4) is 0 Å². The van der Waals surface area contributed by atoms with Crippen molar-refractivity contribution in [2.45, 2.75) is 49.1 Å². The highest BCUT2D eigenvalue weighted by molar-refractivity contribution is 7.89. The molecule has 13 heteroatoms. The second-order valence-electron chi connectivity index (χ2n) is 9.78. The molecular formula is C24H38Cl4N4O4S. The Morgan fingerprint density at radius 1 is 0.973 bits per heavy atom. The van der Waals surface area contributed by atoms with E-state index in [4.69, 9.17) is 27.9 Å². The lowest BCUT2D eigenvalue weighted by Crippen LogP contribution is -2.54. The van der Waals surface area contributed by atoms with E-state index in [9.17, 15) is 13.2 Å². The minimum absolute atomic E-state index is 0. The molecule has 37 heavy (non-hydrogen) atoms. The maximum atomic E-state index is 13.3. The predicted octanol–water partition coefficient (Wildman–Crippen LogP) is 3.64. The normalized spacial score (nSPS) is 22.8. The van der Waals surface area contributed by atoms with Gasteiger partial charge >= 0.3 is 0 Å². The number of carbonyl (C=O) groups excluding carboxylic acids is 1. The molecule has 1 amide bonds. The fourth-order valence-corrected chi connectivity index (χ4v) is 7.75. The number of sulfonamides is 1. The molecular weight excluding hydrogens is 582 g/mol. The molecule has 0 N–H and O–H groups in total. The van der Waals surface area contributed by atoms with Gasteiger partial charge < -0.3 is 14.5 Å². The van der Waals surface area contributed by atoms with Gasteiger partial charge in [-0.15, -0.1) is 24.8 Å². The van der Waals surface area contributed by atoms with Crippen LogP contribution in [0.1, 0.15) is 32.1 Å². The van der Waals surface area contributed by atoms with Crippen molar-refractivity contribution < 1.29 is 17.9 Å². The Hall–Kier alpha value is -0.360. The third-order valence-electron chi connectivity index (χ3n) is 7.48. The summed E-state index contributed by atoms with van der Waals surface area (Å²) >= 11 is 12.3. The maximum Gasteiger partial charge on any atom is 0.248 e. The summed E-state index contributed by atoms with van der Waals surface area (Å²) in [7, 11) is -1.65. The number of piperidine rings is 2. The van der Waals surface area contributed by atoms with Gasteiger partial charge in [0.1, 0.15) is 11.5 Å². The van der Waals surface area contributed by atoms with Gasteiger partial charge in [0.15, 0.2) is 0 Å². The van der Waals surface area contributed by atoms with Crippen LogP contribution in [-0.2, 0) is 19.6 Å². The highest BCUT2D eigenvalue weighted by Crippen LogP contribution is 2.33. The topological polar surface area (TPSA) is 73.4 Å². The van der Waals surface area contributed by atoms with Crippen molar-refractivity contribution in [2.24, 2.45) is 0 Å². The molecule has 0 aromatic heterocycles. The SMILES string of the molecule is CN1CCC(N2CCN(C(=O)COCC3CCCCN3S(=O)(=O)c3cccc(Cl)c3Cl)CC2)CC1.Cl.Cl. The second-order valence-corrected chi connectivity index (χ2v) is 12.4. The van der Waals surface area contributed by atoms with E-state index in [0.717, 1.165) is 39.0 Å². The van der Waals surface area contributed by atoms with E-state index in [1.165, 1.54) is 23.2 Å². The molecule has 1 unspecified atom stereocenters. The first-order valence-electron chi connectivity index (χ1n) is 12.5. The van der Waals surface area contributed by atoms with Gasteiger partial charge in [-0.2, -0.15) is 4.31 Å². The number of amides is 1. The zero-order chi connectivity index (χ0) is 25.0. The van der Waals surface area contributed by atoms with E-state index in [0.29, 0.717) is 32.1 Å². The van der Waals surface area contributed by atoms with Crippen LogP contribution in [0.15, 0.2) is 23.1 Å². The van der Waals surface area contributed by atoms with Gasteiger partial charge in [0, 0.05) is 44.8 Å². The molecule has 0 radical (unpaired) electrons. The number of hydrogen-bond acceptors (Lipinski definition) is 6. The Kier molecular flexibility index (Phi) is 13.2. The van der Waals surface area contributed by atoms with Crippen LogP contribution >= 0.6 is 48.0 Å². The zero-order valence-electron chi connectivity index (χ0n) is 21.2. The Balaban J connectivity index is 0.00000241. The summed E-state index contributed by atoms with van der Waals surface area (Å²) in [5.41, 5.74) is 0. The highest BCUT2D eigenvalue weighted by Gasteiger charge is 2.35. The van der Waals surface area contributed by atoms with Crippen LogP contribution in [-0.4, -0.2) is 111 Å². The van der Waals surface area contributed by atoms with E-state index in [1.807, 2.05) is 4.90 Å². The number of hydrogen-bond donors (Lipinski definition) is 0. The fourth-order valence-electron chi connectivity index (χ4n) is 5.34. The third kappa shape index (κ3) is 8.08. The molecule has 3 saturated heterocycles. The van der Waals surface area contributed by atoms with Crippen LogP contribution in [0, 0.1) is 0 Å². The quantitative estimate of drug-likeness (QED) is 0.464. The highest BCUT2D eigenvalue weighted by atomic mass is 35.5. The van der Waals surface area contributed by atoms with Crippen molar-refractivity contribution in [1.29, 1.82) is 0 Å². The standard InChI is InChI=1S/C24H36Cl2N4O4S.2ClH/c1-27-11-8-19(9-12-27)28-13-15-29(16-14-28)23(31)18-34-17-20-5-2-3-10-30(20)35(32,33)22-7-4-6-21(25)24(22)26;;/h4,6-7,19-20H,2-3,5,8-18H2,1H3;2*1H. The van der Waals surface area contributed by atoms with Crippen molar-refractivity contribution in [3.63, 3.8) is 0 Å². The van der Waals surface area contributed by atoms with E-state index in [1.54, 1.807) is 12.1 Å². The average molecular weight is 620 g/mol. The molecule has 0 saturated carbocycles. The minimum Gasteiger partial charge on any atom is -0.370 e. The Morgan fingerprint density at radius 2 is 1.65 bits per heavy atom. The lowest BCUT2D eigenvalue weighted by Gasteiger charge is -2.42. The summed E-state index contributed by atoms with van der Waals surface area (Å²) in [6, 6.07) is 4.91. The molecule has 1 atom stereocenters. The molecule has 0 bridgehead atoms. The lowest BCUT2D eigenvalue weighted by atomic mass is 10.0. The molecule has 8 nitrogen and oxygen atoms in total. The lowest BCUT2D eigenvalue weighted by molar-refractivity contribution is -0.138. The summed E-state index contributed by atoms with van der Waals surface area (Å²) in [6.45, 7) is 6.03. The number of rotatable bonds is 7. The summed E-state index contributed by atoms with van der Waals surface area (Å²) in [6.07, 6.45) is 4.74. The number of piperazine rings is 1. The molecule has 3 fully saturated rings. The minimum atomic E-state index is -3.82. The number of nitrogens with zero attached hydrogens (tertiary/aromatic N) is 4. The number of likely N-dealkylation sites (tertiary alicyclic amines) is 1. The number of halogens is 4. The fraction of sp³-hybridized carbons (Fsp3) is 0.708. The van der Waals surface area contributed by atoms with E-state index < -0.39 is 10.0 Å². The molecule has 0 spiro atoms. The Labute approximate surface area is 243 Å². The predicted molar refractivity (Wildman–Crippen MR) is 152 cm³/mol. The smallest absolute Gasteiger partial charge is 0.248 e. The van der Waals surface area contributed by atoms with Crippen LogP contribution in [0.2, 0.25) is 10.0 Å². The van der Waals surface area contributed by atoms with Gasteiger partial charge in [-0.1, -0.05) is 35.7 Å². The third-order valence-corrected chi connectivity index (χ3v) is 10.4. The molecule has 1 aromatic carbocycles. The summed E-state index contributed by atoms with van der Waals surface area (Å²) in [4.78, 5) is 19.5. The molecule has 4 rings (SSSR count). The summed E-state index contributed by atoms with van der Waals surface area (Å²) in [5.74, 6) is -0.0314. The maximum absolute atomic E-state index is 13.3. The second kappa shape index (κ2) is 14.9. The Morgan fingerprint density at radius 3 is 2.32 bits per heavy atom. The van der Waals surface area contributed by atoms with Crippen molar-refractivity contribution >= 4 is 63.9 Å². The number of benzene rings is 1. The molecule has 3 aliphatic rings. The van der Waals surface area contributed by atoms with Crippen LogP contribution < -0.4 is 0 Å². The van der Waals surface area contributed by atoms with Gasteiger partial charge in [-0.05, 0) is 58.0 Å². The van der Waals surface area contributed by atoms with Crippen molar-refractivity contribution in [3.05, 3.63) is 28.2 Å². The Bertz CT molecular complexity index is 987. The summed E-state index contributed by atoms with van der Waals surface area (Å²) in [5, 5.41) is 0.244. The van der Waals surface area contributed by atoms with Crippen molar-refractivity contribution in [1.82, 2.24) is 19.0 Å². The van der Waals surface area contributed by atoms with Gasteiger partial charge in [0.05, 0.1) is 16.7 Å². The van der Waals surface area contributed by atoms with Crippen molar-refractivity contribution in [2.75, 3.05) is 66.1 Å². The summed E-state index contributed by atoms with van der Waals surface area (Å²) < 4.78 is 33.9. The van der Waals surface area contributed by atoms with E-state index >= 15 is 0 Å². The van der Waals surface area contributed by atoms with Crippen LogP contribution in [0.25, 0.3) is 0 Å². The first kappa shape index (κ1) is 32.8. The van der Waals surface area contributed by atoms with Gasteiger partial charge in [-0.3, -0.25) is 9.69 Å². The average Bonchev–Trinajstić information content (AvgIpc) is 2.86. The molecule has 212 valence electrons. The zero-order valence-corrected chi connectivity index (χ0v) is 25.2. The van der Waals surface area contributed by atoms with Crippen LogP contribution in [0.5, 0.6) is 0 Å². The molecule has 0 aliphatic carbocycles. The molecule has 3 heterocycles. The largest absolute Gasteiger partial charge is 0.370 e. The van der Waals surface area contributed by atoms with Gasteiger partial charge in [0.25, 0.3) is 0 Å². The van der Waals surface area contributed by atoms with Crippen LogP contribution in [0.3, 0.4) is 0 Å². The van der Waals surface area contributed by atoms with Gasteiger partial charge in [0.2, 0.25) is 15.9 Å². The first-order chi connectivity index (χ1) is 16.8. The number of carbonyl (C=O) groups is 1. The van der Waals surface area contributed by atoms with E-state index in [2.05, 4.69) is 16.8 Å². The first-order valence-corrected chi connectivity index (χ1v) is 14.7.